The number of esters is 3. The van der Waals surface area contributed by atoms with Gasteiger partial charge in [0.2, 0.25) is 5.91 Å². The van der Waals surface area contributed by atoms with Gasteiger partial charge in [-0.05, 0) is 40.5 Å². The van der Waals surface area contributed by atoms with Crippen LogP contribution in [0.5, 0.6) is 0 Å². The predicted molar refractivity (Wildman–Crippen MR) is 97.9 cm³/mol. The van der Waals surface area contributed by atoms with Crippen molar-refractivity contribution in [1.29, 1.82) is 0 Å². The first-order valence-electron chi connectivity index (χ1n) is 9.47. The summed E-state index contributed by atoms with van der Waals surface area (Å²) in [6.07, 6.45) is -1.03. The Balaban J connectivity index is 3.72. The molecule has 0 radical (unpaired) electrons. The molecule has 9 nitrogen and oxygen atoms in total. The Morgan fingerprint density at radius 3 is 1.89 bits per heavy atom. The van der Waals surface area contributed by atoms with E-state index in [1.165, 1.54) is 20.8 Å². The van der Waals surface area contributed by atoms with Gasteiger partial charge < -0.3 is 24.2 Å². The maximum Gasteiger partial charge on any atom is 0.347 e. The van der Waals surface area contributed by atoms with Gasteiger partial charge in [0.15, 0.2) is 0 Å². The van der Waals surface area contributed by atoms with Gasteiger partial charge in [-0.3, -0.25) is 4.79 Å². The number of rotatable bonds is 8. The van der Waals surface area contributed by atoms with Gasteiger partial charge in [0.05, 0.1) is 25.7 Å². The lowest BCUT2D eigenvalue weighted by Crippen LogP contribution is -2.72. The van der Waals surface area contributed by atoms with E-state index in [0.29, 0.717) is 0 Å². The number of ether oxygens (including phenoxy) is 3. The van der Waals surface area contributed by atoms with Crippen molar-refractivity contribution in [3.05, 3.63) is 0 Å². The van der Waals surface area contributed by atoms with Crippen molar-refractivity contribution in [1.82, 2.24) is 4.90 Å². The van der Waals surface area contributed by atoms with E-state index in [1.54, 1.807) is 27.7 Å². The zero-order chi connectivity index (χ0) is 21.9. The molecule has 2 atom stereocenters. The van der Waals surface area contributed by atoms with E-state index in [-0.39, 0.29) is 13.2 Å². The molecule has 1 aliphatic rings. The Labute approximate surface area is 165 Å². The number of likely N-dealkylation sites (tertiary alicyclic amines) is 1. The third-order valence-electron chi connectivity index (χ3n) is 4.55. The summed E-state index contributed by atoms with van der Waals surface area (Å²) in [6, 6.07) is -1.29. The summed E-state index contributed by atoms with van der Waals surface area (Å²) in [5.41, 5.74) is -4.66. The highest BCUT2D eigenvalue weighted by molar-refractivity contribution is 6.13. The van der Waals surface area contributed by atoms with Crippen LogP contribution in [0.2, 0.25) is 0 Å². The highest BCUT2D eigenvalue weighted by Gasteiger charge is 2.73. The topological polar surface area (TPSA) is 119 Å². The smallest absolute Gasteiger partial charge is 0.347 e. The summed E-state index contributed by atoms with van der Waals surface area (Å²) in [5.74, 6) is -4.34. The molecule has 0 aliphatic carbocycles. The lowest BCUT2D eigenvalue weighted by molar-refractivity contribution is -0.194. The van der Waals surface area contributed by atoms with Crippen molar-refractivity contribution >= 4 is 23.8 Å². The van der Waals surface area contributed by atoms with E-state index in [1.807, 2.05) is 0 Å². The average Bonchev–Trinajstić information content (AvgIpc) is 2.73. The molecule has 1 N–H and O–H groups in total. The highest BCUT2D eigenvalue weighted by Crippen LogP contribution is 2.44. The van der Waals surface area contributed by atoms with Crippen LogP contribution < -0.4 is 0 Å². The summed E-state index contributed by atoms with van der Waals surface area (Å²) in [4.78, 5) is 52.5. The third-order valence-corrected chi connectivity index (χ3v) is 4.55. The molecule has 1 fully saturated rings. The van der Waals surface area contributed by atoms with Crippen LogP contribution in [0.4, 0.5) is 0 Å². The molecule has 28 heavy (non-hydrogen) atoms. The number of hydrogen-bond acceptors (Lipinski definition) is 8. The van der Waals surface area contributed by atoms with E-state index in [2.05, 4.69) is 0 Å². The minimum absolute atomic E-state index is 0.0963. The minimum atomic E-state index is -2.51. The summed E-state index contributed by atoms with van der Waals surface area (Å²) < 4.78 is 15.4. The fourth-order valence-corrected chi connectivity index (χ4v) is 3.49. The van der Waals surface area contributed by atoms with Gasteiger partial charge in [-0.25, -0.2) is 14.4 Å². The number of aliphatic hydroxyl groups is 1. The highest BCUT2D eigenvalue weighted by atomic mass is 16.6. The first-order chi connectivity index (χ1) is 12.9. The average molecular weight is 401 g/mol. The van der Waals surface area contributed by atoms with Gasteiger partial charge in [-0.15, -0.1) is 0 Å². The zero-order valence-electron chi connectivity index (χ0n) is 17.6. The van der Waals surface area contributed by atoms with Crippen LogP contribution in [-0.2, 0) is 33.4 Å². The number of hydrogen-bond donors (Lipinski definition) is 1. The van der Waals surface area contributed by atoms with Crippen LogP contribution in [0.15, 0.2) is 0 Å². The van der Waals surface area contributed by atoms with Crippen molar-refractivity contribution in [3.63, 3.8) is 0 Å². The van der Waals surface area contributed by atoms with Gasteiger partial charge in [0.25, 0.3) is 5.54 Å². The molecule has 0 aromatic carbocycles. The van der Waals surface area contributed by atoms with Gasteiger partial charge in [-0.1, -0.05) is 13.8 Å². The van der Waals surface area contributed by atoms with Crippen LogP contribution in [0.25, 0.3) is 0 Å². The molecule has 1 amide bonds. The lowest BCUT2D eigenvalue weighted by Gasteiger charge is -2.43. The van der Waals surface area contributed by atoms with E-state index in [0.717, 1.165) is 4.90 Å². The van der Waals surface area contributed by atoms with Gasteiger partial charge >= 0.3 is 17.9 Å². The first-order valence-corrected chi connectivity index (χ1v) is 9.47. The molecule has 0 saturated carbocycles. The van der Waals surface area contributed by atoms with Crippen LogP contribution in [-0.4, -0.2) is 70.3 Å². The lowest BCUT2D eigenvalue weighted by atomic mass is 9.80. The summed E-state index contributed by atoms with van der Waals surface area (Å²) in [7, 11) is 0. The maximum absolute atomic E-state index is 13.0. The maximum atomic E-state index is 13.0. The van der Waals surface area contributed by atoms with E-state index in [9.17, 15) is 24.3 Å². The van der Waals surface area contributed by atoms with Crippen molar-refractivity contribution in [2.45, 2.75) is 78.2 Å². The normalized spacial score (nSPS) is 22.4. The number of nitrogens with zero attached hydrogens (tertiary/aromatic N) is 1. The molecular weight excluding hydrogens is 370 g/mol. The van der Waals surface area contributed by atoms with Crippen molar-refractivity contribution < 1.29 is 38.5 Å². The van der Waals surface area contributed by atoms with Crippen molar-refractivity contribution in [3.8, 4) is 0 Å². The van der Waals surface area contributed by atoms with Crippen molar-refractivity contribution in [2.75, 3.05) is 13.2 Å². The molecule has 1 unspecified atom stereocenters. The SMILES string of the molecule is CCOC(=O)C1(C(=O)OCC)N([C@@H](C(=O)OC(C)C)C(C)C)C(=O)CC1(C)O. The summed E-state index contributed by atoms with van der Waals surface area (Å²) >= 11 is 0. The zero-order valence-corrected chi connectivity index (χ0v) is 17.6. The van der Waals surface area contributed by atoms with Gasteiger partial charge in [0.1, 0.15) is 11.6 Å². The number of carbonyl (C=O) groups excluding carboxylic acids is 4. The molecule has 0 aromatic rings. The van der Waals surface area contributed by atoms with Crippen molar-refractivity contribution in [2.24, 2.45) is 5.92 Å². The fourth-order valence-electron chi connectivity index (χ4n) is 3.49. The second-order valence-electron chi connectivity index (χ2n) is 7.54. The van der Waals surface area contributed by atoms with Gasteiger partial charge in [-0.2, -0.15) is 0 Å². The summed E-state index contributed by atoms with van der Waals surface area (Å²) in [5, 5.41) is 11.0. The third kappa shape index (κ3) is 3.99. The Kier molecular flexibility index (Phi) is 7.59. The Bertz CT molecular complexity index is 607. The Morgan fingerprint density at radius 2 is 1.54 bits per heavy atom. The molecule has 1 rings (SSSR count). The molecular formula is C19H31NO8. The van der Waals surface area contributed by atoms with Crippen LogP contribution >= 0.6 is 0 Å². The minimum Gasteiger partial charge on any atom is -0.464 e. The van der Waals surface area contributed by atoms with E-state index < -0.39 is 59.4 Å². The molecule has 1 saturated heterocycles. The molecule has 0 aromatic heterocycles. The standard InChI is InChI=1S/C19H31NO8/c1-8-26-16(23)19(17(24)27-9-2)18(7,25)10-13(21)20(19)14(11(3)4)15(22)28-12(5)6/h11-12,14,25H,8-10H2,1-7H3/t14-,18?/m1/s1. The Morgan fingerprint density at radius 1 is 1.07 bits per heavy atom. The van der Waals surface area contributed by atoms with Crippen LogP contribution in [0, 0.1) is 5.92 Å². The fraction of sp³-hybridized carbons (Fsp3) is 0.789. The van der Waals surface area contributed by atoms with E-state index in [4.69, 9.17) is 14.2 Å². The molecule has 9 heteroatoms. The van der Waals surface area contributed by atoms with Gasteiger partial charge in [0, 0.05) is 0 Å². The quantitative estimate of drug-likeness (QED) is 0.360. The molecule has 160 valence electrons. The number of carbonyl (C=O) groups is 4. The largest absolute Gasteiger partial charge is 0.464 e. The first kappa shape index (κ1) is 23.9. The molecule has 1 heterocycles. The number of amides is 1. The second kappa shape index (κ2) is 8.89. The monoisotopic (exact) mass is 401 g/mol. The Hall–Kier alpha value is -2.16. The molecule has 1 aliphatic heterocycles. The molecule has 0 bridgehead atoms. The predicted octanol–water partition coefficient (Wildman–Crippen LogP) is 0.811. The summed E-state index contributed by atoms with van der Waals surface area (Å²) in [6.45, 7) is 10.6. The molecule has 0 spiro atoms. The second-order valence-corrected chi connectivity index (χ2v) is 7.54. The van der Waals surface area contributed by atoms with Crippen LogP contribution in [0.3, 0.4) is 0 Å². The van der Waals surface area contributed by atoms with E-state index >= 15 is 0 Å². The van der Waals surface area contributed by atoms with Crippen LogP contribution in [0.1, 0.15) is 54.9 Å².